The number of fused-ring (bicyclic) bond motifs is 1. The van der Waals surface area contributed by atoms with Crippen LogP contribution in [0.3, 0.4) is 0 Å². The second-order valence-electron chi connectivity index (χ2n) is 11.4. The summed E-state index contributed by atoms with van der Waals surface area (Å²) in [6, 6.07) is -0.952. The van der Waals surface area contributed by atoms with Crippen molar-refractivity contribution < 1.29 is 43.0 Å². The van der Waals surface area contributed by atoms with Gasteiger partial charge < -0.3 is 29.7 Å². The van der Waals surface area contributed by atoms with Gasteiger partial charge in [0, 0.05) is 11.1 Å². The van der Waals surface area contributed by atoms with Gasteiger partial charge in [-0.25, -0.2) is 9.78 Å². The van der Waals surface area contributed by atoms with E-state index in [1.54, 1.807) is 53.8 Å². The van der Waals surface area contributed by atoms with Crippen molar-refractivity contribution in [1.82, 2.24) is 15.2 Å². The molecule has 1 aromatic rings. The molecule has 2 aliphatic rings. The first-order chi connectivity index (χ1) is 19.6. The number of ether oxygens (including phenoxy) is 3. The zero-order valence-corrected chi connectivity index (χ0v) is 26.3. The van der Waals surface area contributed by atoms with Crippen LogP contribution in [0.2, 0.25) is 0 Å². The Bertz CT molecular complexity index is 1310. The maximum atomic E-state index is 13.2. The molecular formula is C26H35N5O9S2. The molecular weight excluding hydrogens is 590 g/mol. The summed E-state index contributed by atoms with van der Waals surface area (Å²) in [5.74, 6) is -2.56. The van der Waals surface area contributed by atoms with Gasteiger partial charge in [0.05, 0.1) is 10.8 Å². The van der Waals surface area contributed by atoms with E-state index in [4.69, 9.17) is 19.0 Å². The highest BCUT2D eigenvalue weighted by Gasteiger charge is 2.54. The SMILES string of the molecule is CO/N=C(\C(=O)N[C@@H]1C(=O)N2C(C(=O)OCOC(=O)C(C)(C)C)=C(C)CS[C@H]12)c1csc(NCOC(=O)C(C)(C)C)n1. The topological polar surface area (TPSA) is 175 Å². The van der Waals surface area contributed by atoms with Crippen molar-refractivity contribution in [2.24, 2.45) is 16.0 Å². The number of hydrogen-bond donors (Lipinski definition) is 2. The van der Waals surface area contributed by atoms with Gasteiger partial charge in [0.2, 0.25) is 6.79 Å². The van der Waals surface area contributed by atoms with Gasteiger partial charge in [-0.2, -0.15) is 0 Å². The predicted octanol–water partition coefficient (Wildman–Crippen LogP) is 2.22. The molecule has 1 fully saturated rings. The van der Waals surface area contributed by atoms with E-state index in [-0.39, 0.29) is 23.8 Å². The minimum atomic E-state index is -0.952. The largest absolute Gasteiger partial charge is 0.444 e. The number of amides is 2. The Morgan fingerprint density at radius 1 is 1.07 bits per heavy atom. The molecule has 1 aromatic heterocycles. The van der Waals surface area contributed by atoms with Crippen LogP contribution in [0.4, 0.5) is 5.13 Å². The van der Waals surface area contributed by atoms with Gasteiger partial charge in [-0.1, -0.05) is 5.16 Å². The second-order valence-corrected chi connectivity index (χ2v) is 13.3. The molecule has 0 spiro atoms. The Labute approximate surface area is 251 Å². The van der Waals surface area contributed by atoms with Gasteiger partial charge in [-0.3, -0.25) is 24.1 Å². The van der Waals surface area contributed by atoms with Crippen LogP contribution in [0, 0.1) is 10.8 Å². The highest BCUT2D eigenvalue weighted by atomic mass is 32.2. The second kappa shape index (κ2) is 13.1. The minimum Gasteiger partial charge on any atom is -0.444 e. The van der Waals surface area contributed by atoms with Crippen LogP contribution in [0.1, 0.15) is 54.2 Å². The molecule has 42 heavy (non-hydrogen) atoms. The van der Waals surface area contributed by atoms with Gasteiger partial charge in [0.25, 0.3) is 11.8 Å². The molecule has 3 rings (SSSR count). The first kappa shape index (κ1) is 32.8. The van der Waals surface area contributed by atoms with Crippen LogP contribution >= 0.6 is 23.1 Å². The number of carbonyl (C=O) groups excluding carboxylic acids is 5. The van der Waals surface area contributed by atoms with Crippen molar-refractivity contribution in [2.45, 2.75) is 59.9 Å². The number of oxime groups is 1. The average molecular weight is 626 g/mol. The molecule has 3 heterocycles. The van der Waals surface area contributed by atoms with E-state index in [9.17, 15) is 24.0 Å². The van der Waals surface area contributed by atoms with Gasteiger partial charge in [-0.15, -0.1) is 23.1 Å². The summed E-state index contributed by atoms with van der Waals surface area (Å²) in [6.07, 6.45) is 0. The van der Waals surface area contributed by atoms with Crippen LogP contribution in [0.25, 0.3) is 0 Å². The third kappa shape index (κ3) is 7.59. The molecule has 1 saturated heterocycles. The Kier molecular flexibility index (Phi) is 10.3. The number of esters is 3. The van der Waals surface area contributed by atoms with E-state index >= 15 is 0 Å². The summed E-state index contributed by atoms with van der Waals surface area (Å²) >= 11 is 2.52. The highest BCUT2D eigenvalue weighted by molar-refractivity contribution is 8.00. The number of thioether (sulfide) groups is 1. The van der Waals surface area contributed by atoms with Crippen molar-refractivity contribution in [3.63, 3.8) is 0 Å². The lowest BCUT2D eigenvalue weighted by atomic mass is 9.97. The monoisotopic (exact) mass is 625 g/mol. The molecule has 0 saturated carbocycles. The van der Waals surface area contributed by atoms with Gasteiger partial charge in [0.1, 0.15) is 29.9 Å². The fourth-order valence-corrected chi connectivity index (χ4v) is 5.51. The van der Waals surface area contributed by atoms with E-state index in [1.165, 1.54) is 23.8 Å². The maximum Gasteiger partial charge on any atom is 0.357 e. The Morgan fingerprint density at radius 2 is 1.71 bits per heavy atom. The third-order valence-corrected chi connectivity index (χ3v) is 8.04. The van der Waals surface area contributed by atoms with E-state index < -0.39 is 58.8 Å². The van der Waals surface area contributed by atoms with Crippen molar-refractivity contribution in [2.75, 3.05) is 31.7 Å². The number of carbonyl (C=O) groups is 5. The van der Waals surface area contributed by atoms with E-state index in [1.807, 2.05) is 0 Å². The number of nitrogens with one attached hydrogen (secondary N) is 2. The van der Waals surface area contributed by atoms with Crippen LogP contribution in [-0.2, 0) is 43.0 Å². The summed E-state index contributed by atoms with van der Waals surface area (Å²) in [4.78, 5) is 73.4. The van der Waals surface area contributed by atoms with Crippen LogP contribution < -0.4 is 10.6 Å². The molecule has 16 heteroatoms. The quantitative estimate of drug-likeness (QED) is 0.128. The number of rotatable bonds is 10. The number of hydrogen-bond acceptors (Lipinski definition) is 14. The lowest BCUT2D eigenvalue weighted by Crippen LogP contribution is -2.71. The van der Waals surface area contributed by atoms with Gasteiger partial charge in [-0.05, 0) is 54.0 Å². The molecule has 2 atom stereocenters. The molecule has 0 aliphatic carbocycles. The van der Waals surface area contributed by atoms with Crippen LogP contribution in [0.5, 0.6) is 0 Å². The van der Waals surface area contributed by atoms with E-state index in [0.717, 1.165) is 11.3 Å². The first-order valence-electron chi connectivity index (χ1n) is 12.8. The molecule has 230 valence electrons. The number of anilines is 1. The fourth-order valence-electron chi connectivity index (χ4n) is 3.53. The number of aromatic nitrogens is 1. The zero-order chi connectivity index (χ0) is 31.4. The first-order valence-corrected chi connectivity index (χ1v) is 14.8. The summed E-state index contributed by atoms with van der Waals surface area (Å²) in [5.41, 5.74) is -0.766. The summed E-state index contributed by atoms with van der Waals surface area (Å²) in [6.45, 7) is 11.2. The average Bonchev–Trinajstić information content (AvgIpc) is 3.37. The molecule has 0 radical (unpaired) electrons. The van der Waals surface area contributed by atoms with Crippen molar-refractivity contribution in [1.29, 1.82) is 0 Å². The Morgan fingerprint density at radius 3 is 2.33 bits per heavy atom. The highest BCUT2D eigenvalue weighted by Crippen LogP contribution is 2.40. The number of β-lactam (4-membered cyclic amide) rings is 1. The third-order valence-electron chi connectivity index (χ3n) is 5.81. The van der Waals surface area contributed by atoms with Gasteiger partial charge in [0.15, 0.2) is 17.6 Å². The molecule has 2 N–H and O–H groups in total. The molecule has 0 unspecified atom stereocenters. The summed E-state index contributed by atoms with van der Waals surface area (Å²) in [5, 5.41) is 10.7. The lowest BCUT2D eigenvalue weighted by Gasteiger charge is -2.49. The van der Waals surface area contributed by atoms with E-state index in [0.29, 0.717) is 16.5 Å². The molecule has 2 aliphatic heterocycles. The smallest absolute Gasteiger partial charge is 0.357 e. The number of thiazole rings is 1. The van der Waals surface area contributed by atoms with Crippen molar-refractivity contribution >= 4 is 63.7 Å². The zero-order valence-electron chi connectivity index (χ0n) is 24.7. The molecule has 2 amide bonds. The molecule has 14 nitrogen and oxygen atoms in total. The fraction of sp³-hybridized carbons (Fsp3) is 0.577. The van der Waals surface area contributed by atoms with E-state index in [2.05, 4.69) is 20.8 Å². The van der Waals surface area contributed by atoms with Crippen molar-refractivity contribution in [3.8, 4) is 0 Å². The van der Waals surface area contributed by atoms with Gasteiger partial charge >= 0.3 is 17.9 Å². The summed E-state index contributed by atoms with van der Waals surface area (Å²) < 4.78 is 15.3. The Balaban J connectivity index is 1.62. The Hall–Kier alpha value is -3.66. The number of nitrogens with zero attached hydrogens (tertiary/aromatic N) is 3. The van der Waals surface area contributed by atoms with Crippen LogP contribution in [0.15, 0.2) is 21.8 Å². The normalized spacial score (nSPS) is 18.9. The predicted molar refractivity (Wildman–Crippen MR) is 154 cm³/mol. The van der Waals surface area contributed by atoms with Crippen molar-refractivity contribution in [3.05, 3.63) is 22.3 Å². The summed E-state index contributed by atoms with van der Waals surface area (Å²) in [7, 11) is 1.27. The lowest BCUT2D eigenvalue weighted by molar-refractivity contribution is -0.173. The standard InChI is InChI=1S/C26H35N5O9S2/c1-13-9-41-20-16(19(33)31(20)17(13)21(34)39-12-40-23(36)26(5,6)7)29-18(32)15(30-37-8)14-10-42-24(28-14)27-11-38-22(35)25(2,3)4/h10,16,20H,9,11-12H2,1-8H3,(H,27,28)(H,29,32)/b30-15-/t16-,20-/m1/s1. The van der Waals surface area contributed by atoms with Crippen LogP contribution in [-0.4, -0.2) is 83.1 Å². The minimum absolute atomic E-state index is 0.0502. The maximum absolute atomic E-state index is 13.2. The molecule has 0 bridgehead atoms. The molecule has 0 aromatic carbocycles.